The lowest BCUT2D eigenvalue weighted by Crippen LogP contribution is -2.30. The molecule has 0 bridgehead atoms. The Labute approximate surface area is 114 Å². The molecule has 2 unspecified atom stereocenters. The first-order valence-electron chi connectivity index (χ1n) is 6.77. The zero-order valence-electron chi connectivity index (χ0n) is 11.5. The van der Waals surface area contributed by atoms with E-state index in [0.717, 1.165) is 23.5 Å². The van der Waals surface area contributed by atoms with E-state index in [4.69, 9.17) is 14.7 Å². The number of nitriles is 1. The fourth-order valence-electron chi connectivity index (χ4n) is 2.21. The Kier molecular flexibility index (Phi) is 4.64. The fraction of sp³-hybridized carbons (Fsp3) is 0.533. The summed E-state index contributed by atoms with van der Waals surface area (Å²) in [5.41, 5.74) is 1.15. The lowest BCUT2D eigenvalue weighted by Gasteiger charge is -2.23. The third-order valence-electron chi connectivity index (χ3n) is 3.38. The molecule has 1 aromatic rings. The number of rotatable bonds is 5. The summed E-state index contributed by atoms with van der Waals surface area (Å²) in [4.78, 5) is 0. The zero-order valence-corrected chi connectivity index (χ0v) is 11.5. The molecular formula is C15H20N2O2. The first kappa shape index (κ1) is 13.7. The molecule has 0 spiro atoms. The normalized spacial score (nSPS) is 16.5. The van der Waals surface area contributed by atoms with Crippen LogP contribution in [0.3, 0.4) is 0 Å². The number of nitrogens with one attached hydrogen (secondary N) is 1. The van der Waals surface area contributed by atoms with Crippen LogP contribution < -0.4 is 14.8 Å². The van der Waals surface area contributed by atoms with Crippen LogP contribution in [0.4, 0.5) is 0 Å². The predicted molar refractivity (Wildman–Crippen MR) is 73.3 cm³/mol. The molecule has 102 valence electrons. The van der Waals surface area contributed by atoms with Gasteiger partial charge in [-0.05, 0) is 31.0 Å². The van der Waals surface area contributed by atoms with Gasteiger partial charge in [0.05, 0.1) is 12.5 Å². The summed E-state index contributed by atoms with van der Waals surface area (Å²) >= 11 is 0. The molecule has 1 aromatic carbocycles. The first-order valence-corrected chi connectivity index (χ1v) is 6.77. The average molecular weight is 260 g/mol. The molecule has 0 saturated heterocycles. The van der Waals surface area contributed by atoms with Crippen molar-refractivity contribution in [1.29, 1.82) is 5.26 Å². The molecule has 0 aromatic heterocycles. The van der Waals surface area contributed by atoms with Crippen molar-refractivity contribution in [1.82, 2.24) is 5.32 Å². The molecule has 0 fully saturated rings. The average Bonchev–Trinajstić information content (AvgIpc) is 2.46. The van der Waals surface area contributed by atoms with Crippen molar-refractivity contribution in [2.45, 2.75) is 38.8 Å². The van der Waals surface area contributed by atoms with Crippen LogP contribution >= 0.6 is 0 Å². The predicted octanol–water partition coefficient (Wildman–Crippen LogP) is 2.80. The molecule has 0 amide bonds. The van der Waals surface area contributed by atoms with Gasteiger partial charge in [-0.1, -0.05) is 13.0 Å². The van der Waals surface area contributed by atoms with Gasteiger partial charge in [0.25, 0.3) is 0 Å². The molecule has 0 radical (unpaired) electrons. The number of benzene rings is 1. The third-order valence-corrected chi connectivity index (χ3v) is 3.38. The van der Waals surface area contributed by atoms with Crippen LogP contribution in [-0.2, 0) is 0 Å². The number of hydrogen-bond donors (Lipinski definition) is 1. The van der Waals surface area contributed by atoms with E-state index in [-0.39, 0.29) is 12.1 Å². The highest BCUT2D eigenvalue weighted by Gasteiger charge is 2.16. The van der Waals surface area contributed by atoms with E-state index in [2.05, 4.69) is 25.2 Å². The number of nitrogens with zero attached hydrogens (tertiary/aromatic N) is 1. The van der Waals surface area contributed by atoms with Gasteiger partial charge in [0, 0.05) is 12.1 Å². The molecule has 1 aliphatic heterocycles. The van der Waals surface area contributed by atoms with Crippen molar-refractivity contribution in [2.75, 3.05) is 13.2 Å². The summed E-state index contributed by atoms with van der Waals surface area (Å²) in [6.45, 7) is 5.40. The molecule has 1 aliphatic rings. The van der Waals surface area contributed by atoms with Crippen LogP contribution in [0, 0.1) is 11.3 Å². The van der Waals surface area contributed by atoms with Crippen molar-refractivity contribution in [3.8, 4) is 17.6 Å². The van der Waals surface area contributed by atoms with Crippen molar-refractivity contribution in [3.63, 3.8) is 0 Å². The fourth-order valence-corrected chi connectivity index (χ4v) is 2.21. The largest absolute Gasteiger partial charge is 0.486 e. The van der Waals surface area contributed by atoms with Gasteiger partial charge < -0.3 is 14.8 Å². The first-order chi connectivity index (χ1) is 9.24. The van der Waals surface area contributed by atoms with Crippen molar-refractivity contribution >= 4 is 0 Å². The second kappa shape index (κ2) is 6.44. The Bertz CT molecular complexity index is 468. The molecule has 2 rings (SSSR count). The highest BCUT2D eigenvalue weighted by Crippen LogP contribution is 2.32. The summed E-state index contributed by atoms with van der Waals surface area (Å²) in [6.07, 6.45) is 1.48. The second-order valence-electron chi connectivity index (χ2n) is 4.76. The van der Waals surface area contributed by atoms with Crippen LogP contribution in [0.2, 0.25) is 0 Å². The van der Waals surface area contributed by atoms with Crippen molar-refractivity contribution in [3.05, 3.63) is 23.8 Å². The van der Waals surface area contributed by atoms with E-state index in [1.807, 2.05) is 18.2 Å². The standard InChI is InChI=1S/C15H20N2O2/c1-3-13(6-7-16)17-11(2)12-4-5-14-15(10-12)19-9-8-18-14/h4-5,10-11,13,17H,3,6,8-9H2,1-2H3. The molecule has 19 heavy (non-hydrogen) atoms. The molecule has 0 saturated carbocycles. The van der Waals surface area contributed by atoms with Gasteiger partial charge in [-0.25, -0.2) is 0 Å². The minimum Gasteiger partial charge on any atom is -0.486 e. The van der Waals surface area contributed by atoms with Crippen molar-refractivity contribution in [2.24, 2.45) is 0 Å². The van der Waals surface area contributed by atoms with Crippen molar-refractivity contribution < 1.29 is 9.47 Å². The Balaban J connectivity index is 2.06. The van der Waals surface area contributed by atoms with E-state index < -0.39 is 0 Å². The topological polar surface area (TPSA) is 54.3 Å². The van der Waals surface area contributed by atoms with Gasteiger partial charge in [0.1, 0.15) is 13.2 Å². The van der Waals surface area contributed by atoms with Gasteiger partial charge in [0.2, 0.25) is 0 Å². The maximum atomic E-state index is 8.78. The second-order valence-corrected chi connectivity index (χ2v) is 4.76. The Morgan fingerprint density at radius 2 is 2.05 bits per heavy atom. The Morgan fingerprint density at radius 1 is 1.32 bits per heavy atom. The maximum Gasteiger partial charge on any atom is 0.161 e. The molecular weight excluding hydrogens is 240 g/mol. The Morgan fingerprint density at radius 3 is 2.74 bits per heavy atom. The van der Waals surface area contributed by atoms with Crippen LogP contribution in [0.15, 0.2) is 18.2 Å². The number of ether oxygens (including phenoxy) is 2. The summed E-state index contributed by atoms with van der Waals surface area (Å²) in [6, 6.07) is 8.65. The highest BCUT2D eigenvalue weighted by molar-refractivity contribution is 5.44. The molecule has 2 atom stereocenters. The summed E-state index contributed by atoms with van der Waals surface area (Å²) in [7, 11) is 0. The van der Waals surface area contributed by atoms with Gasteiger partial charge in [-0.3, -0.25) is 0 Å². The van der Waals surface area contributed by atoms with Crippen LogP contribution in [0.1, 0.15) is 38.3 Å². The SMILES string of the molecule is CCC(CC#N)NC(C)c1ccc2c(c1)OCCO2. The van der Waals surface area contributed by atoms with Crippen LogP contribution in [0.25, 0.3) is 0 Å². The molecule has 4 heteroatoms. The zero-order chi connectivity index (χ0) is 13.7. The van der Waals surface area contributed by atoms with Crippen LogP contribution in [-0.4, -0.2) is 19.3 Å². The lowest BCUT2D eigenvalue weighted by molar-refractivity contribution is 0.171. The smallest absolute Gasteiger partial charge is 0.161 e. The van der Waals surface area contributed by atoms with E-state index in [9.17, 15) is 0 Å². The molecule has 1 heterocycles. The van der Waals surface area contributed by atoms with E-state index >= 15 is 0 Å². The van der Waals surface area contributed by atoms with E-state index in [0.29, 0.717) is 19.6 Å². The van der Waals surface area contributed by atoms with Gasteiger partial charge in [-0.2, -0.15) is 5.26 Å². The van der Waals surface area contributed by atoms with E-state index in [1.165, 1.54) is 0 Å². The minimum absolute atomic E-state index is 0.189. The van der Waals surface area contributed by atoms with Gasteiger partial charge in [-0.15, -0.1) is 0 Å². The van der Waals surface area contributed by atoms with Crippen LogP contribution in [0.5, 0.6) is 11.5 Å². The molecule has 0 aliphatic carbocycles. The van der Waals surface area contributed by atoms with Gasteiger partial charge in [0.15, 0.2) is 11.5 Å². The lowest BCUT2D eigenvalue weighted by atomic mass is 10.0. The summed E-state index contributed by atoms with van der Waals surface area (Å²) in [5.74, 6) is 1.62. The highest BCUT2D eigenvalue weighted by atomic mass is 16.6. The number of fused-ring (bicyclic) bond motifs is 1. The maximum absolute atomic E-state index is 8.78. The quantitative estimate of drug-likeness (QED) is 0.884. The number of hydrogen-bond acceptors (Lipinski definition) is 4. The minimum atomic E-state index is 0.189. The van der Waals surface area contributed by atoms with E-state index in [1.54, 1.807) is 0 Å². The summed E-state index contributed by atoms with van der Waals surface area (Å²) < 4.78 is 11.1. The molecule has 4 nitrogen and oxygen atoms in total. The third kappa shape index (κ3) is 3.39. The van der Waals surface area contributed by atoms with Gasteiger partial charge >= 0.3 is 0 Å². The molecule has 1 N–H and O–H groups in total. The monoisotopic (exact) mass is 260 g/mol. The summed E-state index contributed by atoms with van der Waals surface area (Å²) in [5, 5.41) is 12.3. The Hall–Kier alpha value is -1.73.